The summed E-state index contributed by atoms with van der Waals surface area (Å²) < 4.78 is 10.5. The number of rotatable bonds is 4. The van der Waals surface area contributed by atoms with Gasteiger partial charge in [-0.3, -0.25) is 0 Å². The molecule has 1 atom stereocenters. The summed E-state index contributed by atoms with van der Waals surface area (Å²) in [5.74, 6) is -0.241. The SMILES string of the molecule is CCOC(=O)c1cc2cc(-c3ccc(C(C)O)cc3)ccc2o1. The van der Waals surface area contributed by atoms with E-state index >= 15 is 0 Å². The van der Waals surface area contributed by atoms with Crippen LogP contribution in [0.15, 0.2) is 52.9 Å². The average molecular weight is 310 g/mol. The zero-order valence-corrected chi connectivity index (χ0v) is 13.1. The monoisotopic (exact) mass is 310 g/mol. The summed E-state index contributed by atoms with van der Waals surface area (Å²) >= 11 is 0. The van der Waals surface area contributed by atoms with Gasteiger partial charge >= 0.3 is 5.97 Å². The maximum atomic E-state index is 11.7. The Morgan fingerprint density at radius 3 is 2.48 bits per heavy atom. The quantitative estimate of drug-likeness (QED) is 0.729. The zero-order chi connectivity index (χ0) is 16.4. The predicted octanol–water partition coefficient (Wildman–Crippen LogP) is 4.33. The van der Waals surface area contributed by atoms with Gasteiger partial charge in [0.15, 0.2) is 0 Å². The number of aliphatic hydroxyl groups excluding tert-OH is 1. The van der Waals surface area contributed by atoms with Crippen molar-refractivity contribution in [3.05, 3.63) is 59.9 Å². The van der Waals surface area contributed by atoms with Crippen LogP contribution in [0.2, 0.25) is 0 Å². The zero-order valence-electron chi connectivity index (χ0n) is 13.1. The maximum Gasteiger partial charge on any atom is 0.374 e. The van der Waals surface area contributed by atoms with Gasteiger partial charge in [0.2, 0.25) is 5.76 Å². The number of hydrogen-bond acceptors (Lipinski definition) is 4. The van der Waals surface area contributed by atoms with Crippen LogP contribution in [0.5, 0.6) is 0 Å². The first-order valence-corrected chi connectivity index (χ1v) is 7.57. The number of hydrogen-bond donors (Lipinski definition) is 1. The van der Waals surface area contributed by atoms with E-state index in [0.29, 0.717) is 12.2 Å². The third-order valence-electron chi connectivity index (χ3n) is 3.72. The molecule has 0 saturated carbocycles. The topological polar surface area (TPSA) is 59.7 Å². The fourth-order valence-electron chi connectivity index (χ4n) is 2.48. The van der Waals surface area contributed by atoms with E-state index in [4.69, 9.17) is 9.15 Å². The van der Waals surface area contributed by atoms with E-state index in [0.717, 1.165) is 22.1 Å². The summed E-state index contributed by atoms with van der Waals surface area (Å²) in [4.78, 5) is 11.7. The van der Waals surface area contributed by atoms with Crippen LogP contribution >= 0.6 is 0 Å². The molecule has 3 rings (SSSR count). The molecule has 4 nitrogen and oxygen atoms in total. The minimum absolute atomic E-state index is 0.212. The minimum Gasteiger partial charge on any atom is -0.460 e. The van der Waals surface area contributed by atoms with Crippen molar-refractivity contribution in [1.29, 1.82) is 0 Å². The van der Waals surface area contributed by atoms with E-state index in [1.54, 1.807) is 19.9 Å². The highest BCUT2D eigenvalue weighted by Crippen LogP contribution is 2.28. The van der Waals surface area contributed by atoms with Crippen molar-refractivity contribution in [2.75, 3.05) is 6.61 Å². The van der Waals surface area contributed by atoms with E-state index in [2.05, 4.69) is 0 Å². The molecule has 0 bridgehead atoms. The Kier molecular flexibility index (Phi) is 4.17. The lowest BCUT2D eigenvalue weighted by molar-refractivity contribution is 0.0492. The highest BCUT2D eigenvalue weighted by molar-refractivity contribution is 5.94. The van der Waals surface area contributed by atoms with Crippen molar-refractivity contribution in [3.63, 3.8) is 0 Å². The predicted molar refractivity (Wildman–Crippen MR) is 88.2 cm³/mol. The van der Waals surface area contributed by atoms with E-state index in [1.807, 2.05) is 42.5 Å². The van der Waals surface area contributed by atoms with E-state index < -0.39 is 12.1 Å². The molecule has 4 heteroatoms. The second-order valence-corrected chi connectivity index (χ2v) is 5.38. The normalized spacial score (nSPS) is 12.3. The van der Waals surface area contributed by atoms with Crippen LogP contribution in [0, 0.1) is 0 Å². The largest absolute Gasteiger partial charge is 0.460 e. The highest BCUT2D eigenvalue weighted by Gasteiger charge is 2.13. The number of aliphatic hydroxyl groups is 1. The summed E-state index contributed by atoms with van der Waals surface area (Å²) in [6.45, 7) is 3.82. The third-order valence-corrected chi connectivity index (χ3v) is 3.72. The second-order valence-electron chi connectivity index (χ2n) is 5.38. The molecule has 23 heavy (non-hydrogen) atoms. The Morgan fingerprint density at radius 1 is 1.13 bits per heavy atom. The van der Waals surface area contributed by atoms with Crippen molar-refractivity contribution in [1.82, 2.24) is 0 Å². The first-order valence-electron chi connectivity index (χ1n) is 7.57. The molecule has 3 aromatic rings. The summed E-state index contributed by atoms with van der Waals surface area (Å²) in [5, 5.41) is 10.4. The van der Waals surface area contributed by atoms with Gasteiger partial charge in [0.1, 0.15) is 5.58 Å². The molecule has 1 aromatic heterocycles. The van der Waals surface area contributed by atoms with Gasteiger partial charge in [0.25, 0.3) is 0 Å². The molecule has 2 aromatic carbocycles. The van der Waals surface area contributed by atoms with Gasteiger partial charge in [-0.15, -0.1) is 0 Å². The van der Waals surface area contributed by atoms with Gasteiger partial charge in [0, 0.05) is 5.39 Å². The molecule has 0 radical (unpaired) electrons. The minimum atomic E-state index is -0.479. The lowest BCUT2D eigenvalue weighted by atomic mass is 10.0. The van der Waals surface area contributed by atoms with Crippen molar-refractivity contribution in [3.8, 4) is 11.1 Å². The van der Waals surface area contributed by atoms with Crippen LogP contribution in [0.1, 0.15) is 36.1 Å². The molecule has 0 amide bonds. The van der Waals surface area contributed by atoms with E-state index in [9.17, 15) is 9.90 Å². The molecule has 1 heterocycles. The number of ether oxygens (including phenoxy) is 1. The summed E-state index contributed by atoms with van der Waals surface area (Å²) in [7, 11) is 0. The number of fused-ring (bicyclic) bond motifs is 1. The molecule has 118 valence electrons. The number of carbonyl (C=O) groups excluding carboxylic acids is 1. The van der Waals surface area contributed by atoms with Crippen LogP contribution in [0.4, 0.5) is 0 Å². The number of furan rings is 1. The Bertz CT molecular complexity index is 828. The number of esters is 1. The number of benzene rings is 2. The van der Waals surface area contributed by atoms with Crippen molar-refractivity contribution >= 4 is 16.9 Å². The van der Waals surface area contributed by atoms with Gasteiger partial charge in [-0.2, -0.15) is 0 Å². The Hall–Kier alpha value is -2.59. The average Bonchev–Trinajstić information content (AvgIpc) is 2.98. The fraction of sp³-hybridized carbons (Fsp3) is 0.211. The smallest absolute Gasteiger partial charge is 0.374 e. The van der Waals surface area contributed by atoms with Gasteiger partial charge in [-0.05, 0) is 48.7 Å². The first kappa shape index (κ1) is 15.3. The van der Waals surface area contributed by atoms with Gasteiger partial charge in [-0.1, -0.05) is 30.3 Å². The molecular formula is C19H18O4. The van der Waals surface area contributed by atoms with Crippen molar-refractivity contribution in [2.45, 2.75) is 20.0 Å². The van der Waals surface area contributed by atoms with Crippen LogP contribution in [-0.4, -0.2) is 17.7 Å². The maximum absolute atomic E-state index is 11.7. The highest BCUT2D eigenvalue weighted by atomic mass is 16.5. The van der Waals surface area contributed by atoms with Crippen molar-refractivity contribution in [2.24, 2.45) is 0 Å². The molecule has 0 spiro atoms. The summed E-state index contributed by atoms with van der Waals surface area (Å²) in [6.07, 6.45) is -0.479. The summed E-state index contributed by atoms with van der Waals surface area (Å²) in [5.41, 5.74) is 3.58. The molecule has 1 N–H and O–H groups in total. The van der Waals surface area contributed by atoms with Crippen molar-refractivity contribution < 1.29 is 19.1 Å². The fourth-order valence-corrected chi connectivity index (χ4v) is 2.48. The lowest BCUT2D eigenvalue weighted by Gasteiger charge is -2.06. The Morgan fingerprint density at radius 2 is 1.83 bits per heavy atom. The Labute approximate surface area is 134 Å². The third kappa shape index (κ3) is 3.12. The summed E-state index contributed by atoms with van der Waals surface area (Å²) in [6, 6.07) is 15.2. The molecule has 0 saturated heterocycles. The molecule has 0 aliphatic heterocycles. The standard InChI is InChI=1S/C19H18O4/c1-3-22-19(21)18-11-16-10-15(8-9-17(16)23-18)14-6-4-13(5-7-14)12(2)20/h4-12,20H,3H2,1-2H3. The molecule has 1 unspecified atom stereocenters. The molecular weight excluding hydrogens is 292 g/mol. The van der Waals surface area contributed by atoms with Crippen LogP contribution in [-0.2, 0) is 4.74 Å². The lowest BCUT2D eigenvalue weighted by Crippen LogP contribution is -2.02. The van der Waals surface area contributed by atoms with Gasteiger partial charge < -0.3 is 14.3 Å². The molecule has 0 fully saturated rings. The van der Waals surface area contributed by atoms with Gasteiger partial charge in [-0.25, -0.2) is 4.79 Å². The second kappa shape index (κ2) is 6.26. The molecule has 0 aliphatic carbocycles. The van der Waals surface area contributed by atoms with Crippen LogP contribution in [0.25, 0.3) is 22.1 Å². The van der Waals surface area contributed by atoms with Crippen LogP contribution < -0.4 is 0 Å². The Balaban J connectivity index is 1.94. The first-order chi connectivity index (χ1) is 11.1. The number of carbonyl (C=O) groups is 1. The molecule has 0 aliphatic rings. The van der Waals surface area contributed by atoms with Crippen LogP contribution in [0.3, 0.4) is 0 Å². The van der Waals surface area contributed by atoms with E-state index in [1.165, 1.54) is 0 Å². The van der Waals surface area contributed by atoms with E-state index in [-0.39, 0.29) is 5.76 Å². The van der Waals surface area contributed by atoms with Gasteiger partial charge in [0.05, 0.1) is 12.7 Å².